The largest absolute Gasteiger partial charge is 1.00 e. The third-order valence-electron chi connectivity index (χ3n) is 1.54. The van der Waals surface area contributed by atoms with Gasteiger partial charge in [0.05, 0.1) is 0 Å². The van der Waals surface area contributed by atoms with Crippen molar-refractivity contribution < 1.29 is 113 Å². The summed E-state index contributed by atoms with van der Waals surface area (Å²) in [6.07, 6.45) is -13.9. The number of carboxylic acids is 1. The Kier molecular flexibility index (Phi) is 7.30. The Labute approximate surface area is 152 Å². The first-order valence-electron chi connectivity index (χ1n) is 3.77. The summed E-state index contributed by atoms with van der Waals surface area (Å²) >= 11 is 0. The Morgan fingerprint density at radius 2 is 1.29 bits per heavy atom. The normalized spacial score (nSPS) is 16.8. The zero-order valence-electron chi connectivity index (χ0n) is 9.35. The number of halogens is 9. The molecule has 0 aromatic carbocycles. The minimum Gasteiger partial charge on any atom is -0.544 e. The summed E-state index contributed by atoms with van der Waals surface area (Å²) in [5, 5.41) is 2.78. The number of carbonyl (C=O) groups is 1. The molecule has 0 aliphatic carbocycles. The van der Waals surface area contributed by atoms with Gasteiger partial charge in [0.15, 0.2) is 0 Å². The van der Waals surface area contributed by atoms with E-state index in [1.54, 1.807) is 4.74 Å². The Balaban J connectivity index is 0. The second-order valence-electron chi connectivity index (χ2n) is 2.95. The maximum atomic E-state index is 12.7. The van der Waals surface area contributed by atoms with Gasteiger partial charge in [0.1, 0.15) is 5.97 Å². The van der Waals surface area contributed by atoms with E-state index in [1.807, 2.05) is 0 Å². The molecule has 0 saturated carbocycles. The third kappa shape index (κ3) is 4.44. The van der Waals surface area contributed by atoms with Crippen LogP contribution in [-0.2, 0) is 19.8 Å². The van der Waals surface area contributed by atoms with Gasteiger partial charge in [-0.3, -0.25) is 4.74 Å². The van der Waals surface area contributed by atoms with E-state index in [4.69, 9.17) is 0 Å². The average molecular weight is 382 g/mol. The van der Waals surface area contributed by atoms with Gasteiger partial charge in [0, 0.05) is 0 Å². The van der Waals surface area contributed by atoms with Crippen molar-refractivity contribution in [1.29, 1.82) is 0 Å². The van der Waals surface area contributed by atoms with Crippen LogP contribution < -0.4 is 56.5 Å². The van der Waals surface area contributed by atoms with E-state index in [2.05, 4.69) is 0 Å². The maximum Gasteiger partial charge on any atom is 1.00 e. The molecule has 16 heteroatoms. The van der Waals surface area contributed by atoms with Crippen LogP contribution in [-0.4, -0.2) is 37.8 Å². The molecule has 120 valence electrons. The zero-order valence-corrected chi connectivity index (χ0v) is 13.3. The van der Waals surface area contributed by atoms with E-state index in [0.717, 1.165) is 0 Å². The van der Waals surface area contributed by atoms with Gasteiger partial charge in [0.25, 0.3) is 0 Å². The molecule has 21 heavy (non-hydrogen) atoms. The fraction of sp³-hybridized carbons (Fsp3) is 0.800. The van der Waals surface area contributed by atoms with E-state index in [0.29, 0.717) is 0 Å². The predicted octanol–water partition coefficient (Wildman–Crippen LogP) is -2.53. The van der Waals surface area contributed by atoms with Crippen LogP contribution in [0, 0.1) is 0 Å². The molecule has 0 aliphatic rings. The smallest absolute Gasteiger partial charge is 0.544 e. The van der Waals surface area contributed by atoms with Crippen molar-refractivity contribution in [2.24, 2.45) is 0 Å². The number of alkyl halides is 8. The fourth-order valence-corrected chi connectivity index (χ4v) is 0.919. The molecule has 1 unspecified atom stereocenters. The number of ether oxygens (including phenoxy) is 1. The third-order valence-corrected chi connectivity index (χ3v) is 2.39. The summed E-state index contributed by atoms with van der Waals surface area (Å²) in [6, 6.07) is 0. The molecule has 0 aromatic rings. The van der Waals surface area contributed by atoms with Gasteiger partial charge in [-0.25, -0.2) is 0 Å². The molecule has 0 heterocycles. The predicted molar refractivity (Wildman–Crippen MR) is 35.9 cm³/mol. The molecule has 0 aromatic heterocycles. The molecule has 0 radical (unpaired) electrons. The quantitative estimate of drug-likeness (QED) is 0.298. The average Bonchev–Trinajstić information content (AvgIpc) is 2.12. The summed E-state index contributed by atoms with van der Waals surface area (Å²) in [6.45, 7) is 0. The Bertz CT molecular complexity index is 501. The first-order chi connectivity index (χ1) is 8.40. The van der Waals surface area contributed by atoms with Crippen LogP contribution in [0.15, 0.2) is 0 Å². The summed E-state index contributed by atoms with van der Waals surface area (Å²) in [5.41, 5.74) is 0. The summed E-state index contributed by atoms with van der Waals surface area (Å²) in [5.74, 6) is -10.6. The fourth-order valence-electron chi connectivity index (χ4n) is 0.593. The van der Waals surface area contributed by atoms with Crippen LogP contribution in [0.5, 0.6) is 0 Å². The van der Waals surface area contributed by atoms with Crippen molar-refractivity contribution in [3.63, 3.8) is 0 Å². The van der Waals surface area contributed by atoms with Crippen LogP contribution in [0.1, 0.15) is 0 Å². The molecule has 0 saturated heterocycles. The zero-order chi connectivity index (χ0) is 16.8. The topological polar surface area (TPSA) is 83.5 Å². The SMILES string of the molecule is O=C([O-])C(F)(OC(F)(F)C(F)(F)S(=O)(=O)F)C(F)(F)F.[K+]. The number of hydrogen-bond donors (Lipinski definition) is 0. The summed E-state index contributed by atoms with van der Waals surface area (Å²) in [7, 11) is -7.56. The van der Waals surface area contributed by atoms with Crippen molar-refractivity contribution >= 4 is 16.2 Å². The first-order valence-corrected chi connectivity index (χ1v) is 5.15. The van der Waals surface area contributed by atoms with Crippen molar-refractivity contribution in [1.82, 2.24) is 0 Å². The molecule has 0 amide bonds. The second-order valence-corrected chi connectivity index (χ2v) is 4.34. The van der Waals surface area contributed by atoms with Crippen molar-refractivity contribution in [3.05, 3.63) is 0 Å². The molecular formula is C5F9KO5S. The van der Waals surface area contributed by atoms with Gasteiger partial charge in [-0.2, -0.15) is 43.5 Å². The van der Waals surface area contributed by atoms with E-state index in [9.17, 15) is 57.3 Å². The minimum absolute atomic E-state index is 0. The molecule has 1 atom stereocenters. The molecule has 0 rings (SSSR count). The van der Waals surface area contributed by atoms with Crippen molar-refractivity contribution in [2.75, 3.05) is 0 Å². The van der Waals surface area contributed by atoms with Crippen molar-refractivity contribution in [2.45, 2.75) is 23.4 Å². The number of carbonyl (C=O) groups excluding carboxylic acids is 1. The minimum atomic E-state index is -7.56. The molecule has 5 nitrogen and oxygen atoms in total. The molecule has 0 spiro atoms. The van der Waals surface area contributed by atoms with Gasteiger partial charge < -0.3 is 9.90 Å². The molecule has 0 aliphatic heterocycles. The van der Waals surface area contributed by atoms with Crippen LogP contribution in [0.2, 0.25) is 0 Å². The first kappa shape index (κ1) is 23.6. The van der Waals surface area contributed by atoms with Gasteiger partial charge in [0.2, 0.25) is 0 Å². The monoisotopic (exact) mass is 382 g/mol. The van der Waals surface area contributed by atoms with Crippen LogP contribution in [0.25, 0.3) is 0 Å². The van der Waals surface area contributed by atoms with E-state index in [-0.39, 0.29) is 51.4 Å². The standard InChI is InChI=1S/C5HF9O5S.K/c6-2(1(15)16,3(7,8)9)19-4(10,11)5(12,13)20(14,17)18;/h(H,15,16);/q;+1/p-1. The van der Waals surface area contributed by atoms with Crippen LogP contribution >= 0.6 is 0 Å². The molecule has 0 fully saturated rings. The van der Waals surface area contributed by atoms with Gasteiger partial charge in [-0.05, 0) is 0 Å². The van der Waals surface area contributed by atoms with Gasteiger partial charge in [-0.1, -0.05) is 3.89 Å². The van der Waals surface area contributed by atoms with Gasteiger partial charge in [-0.15, -0.1) is 0 Å². The summed E-state index contributed by atoms with van der Waals surface area (Å²) < 4.78 is 131. The Hall–Kier alpha value is 0.386. The molecular weight excluding hydrogens is 382 g/mol. The Morgan fingerprint density at radius 1 is 0.952 bits per heavy atom. The molecule has 0 N–H and O–H groups in total. The Morgan fingerprint density at radius 3 is 1.48 bits per heavy atom. The summed E-state index contributed by atoms with van der Waals surface area (Å²) in [4.78, 5) is 9.77. The van der Waals surface area contributed by atoms with Crippen molar-refractivity contribution in [3.8, 4) is 0 Å². The maximum absolute atomic E-state index is 12.7. The van der Waals surface area contributed by atoms with E-state index in [1.165, 1.54) is 0 Å². The second kappa shape index (κ2) is 6.48. The number of hydrogen-bond acceptors (Lipinski definition) is 5. The molecule has 0 bridgehead atoms. The number of rotatable bonds is 5. The van der Waals surface area contributed by atoms with Crippen LogP contribution in [0.4, 0.5) is 39.0 Å². The van der Waals surface area contributed by atoms with Crippen LogP contribution in [0.3, 0.4) is 0 Å². The van der Waals surface area contributed by atoms with E-state index >= 15 is 0 Å². The van der Waals surface area contributed by atoms with Gasteiger partial charge >= 0.3 is 85.0 Å². The number of aliphatic carboxylic acids is 1. The van der Waals surface area contributed by atoms with E-state index < -0.39 is 39.6 Å². The number of carboxylic acid groups (broad SMARTS) is 1.